The Morgan fingerprint density at radius 2 is 1.91 bits per heavy atom. The zero-order valence-electron chi connectivity index (χ0n) is 24.6. The molecule has 0 spiro atoms. The lowest BCUT2D eigenvalue weighted by Crippen LogP contribution is -2.48. The number of hydrogen-bond donors (Lipinski definition) is 1. The molecular weight excluding hydrogens is 548 g/mol. The van der Waals surface area contributed by atoms with E-state index in [4.69, 9.17) is 14.2 Å². The van der Waals surface area contributed by atoms with Crippen LogP contribution in [0.2, 0.25) is 0 Å². The van der Waals surface area contributed by atoms with Crippen molar-refractivity contribution < 1.29 is 23.8 Å². The highest BCUT2D eigenvalue weighted by atomic mass is 16.5. The third kappa shape index (κ3) is 6.96. The molecular formula is C32H38N6O5. The molecule has 1 aromatic heterocycles. The molecule has 11 heteroatoms. The lowest BCUT2D eigenvalue weighted by atomic mass is 10.0. The molecule has 0 aliphatic carbocycles. The number of rotatable bonds is 3. The van der Waals surface area contributed by atoms with Crippen molar-refractivity contribution in [3.8, 4) is 17.2 Å². The van der Waals surface area contributed by atoms with Gasteiger partial charge in [0, 0.05) is 51.2 Å². The number of amides is 2. The molecule has 4 bridgehead atoms. The van der Waals surface area contributed by atoms with E-state index in [0.717, 1.165) is 24.0 Å². The number of piperidine rings is 1. The van der Waals surface area contributed by atoms with E-state index in [-0.39, 0.29) is 30.5 Å². The number of fused-ring (bicyclic) bond motifs is 5. The SMILES string of the molecule is COc1ccc2cc1Oc1cccc(c1)CO[C@H]1CN(C3CCN(C(=O)c4cnccn4)CC3)C[C@@H]1NC(=O)CN(C)C2. The lowest BCUT2D eigenvalue weighted by Gasteiger charge is -2.36. The van der Waals surface area contributed by atoms with Crippen LogP contribution in [0.1, 0.15) is 34.5 Å². The van der Waals surface area contributed by atoms with Gasteiger partial charge in [-0.1, -0.05) is 18.2 Å². The number of likely N-dealkylation sites (N-methyl/N-ethyl adjacent to an activating group) is 1. The van der Waals surface area contributed by atoms with Crippen LogP contribution >= 0.6 is 0 Å². The third-order valence-corrected chi connectivity index (χ3v) is 8.38. The molecule has 0 saturated carbocycles. The van der Waals surface area contributed by atoms with Crippen molar-refractivity contribution in [2.45, 2.75) is 44.2 Å². The summed E-state index contributed by atoms with van der Waals surface area (Å²) in [5, 5.41) is 3.27. The fourth-order valence-electron chi connectivity index (χ4n) is 6.21. The molecule has 3 aliphatic heterocycles. The minimum absolute atomic E-state index is 0.0357. The van der Waals surface area contributed by atoms with Crippen LogP contribution in [0.5, 0.6) is 17.2 Å². The van der Waals surface area contributed by atoms with Crippen molar-refractivity contribution in [1.29, 1.82) is 0 Å². The summed E-state index contributed by atoms with van der Waals surface area (Å²) in [4.78, 5) is 40.5. The van der Waals surface area contributed by atoms with Crippen molar-refractivity contribution in [3.05, 3.63) is 77.9 Å². The number of methoxy groups -OCH3 is 1. The summed E-state index contributed by atoms with van der Waals surface area (Å²) in [6.07, 6.45) is 6.16. The van der Waals surface area contributed by atoms with E-state index >= 15 is 0 Å². The molecule has 0 unspecified atom stereocenters. The van der Waals surface area contributed by atoms with Crippen LogP contribution in [-0.4, -0.2) is 102 Å². The fourth-order valence-corrected chi connectivity index (χ4v) is 6.21. The zero-order chi connectivity index (χ0) is 29.8. The van der Waals surface area contributed by atoms with Gasteiger partial charge in [0.15, 0.2) is 11.5 Å². The number of ether oxygens (including phenoxy) is 3. The number of carbonyl (C=O) groups is 2. The van der Waals surface area contributed by atoms with Gasteiger partial charge in [-0.15, -0.1) is 0 Å². The highest BCUT2D eigenvalue weighted by Crippen LogP contribution is 2.33. The van der Waals surface area contributed by atoms with Crippen molar-refractivity contribution in [1.82, 2.24) is 30.0 Å². The topological polar surface area (TPSA) is 109 Å². The summed E-state index contributed by atoms with van der Waals surface area (Å²) in [5.41, 5.74) is 2.38. The summed E-state index contributed by atoms with van der Waals surface area (Å²) in [6, 6.07) is 13.9. The second-order valence-corrected chi connectivity index (χ2v) is 11.5. The molecule has 2 aromatic carbocycles. The van der Waals surface area contributed by atoms with Crippen molar-refractivity contribution in [3.63, 3.8) is 0 Å². The van der Waals surface area contributed by atoms with Crippen LogP contribution in [0.25, 0.3) is 0 Å². The molecule has 11 nitrogen and oxygen atoms in total. The standard InChI is InChI=1S/C32H38N6O5/c1-36-17-22-6-7-28(41-2)29(15-22)43-25-5-3-4-23(14-25)21-42-30-19-38(18-27(30)35-31(39)20-36)24-8-12-37(13-9-24)32(40)26-16-33-10-11-34-26/h3-7,10-11,14-16,24,27,30H,8-9,12-13,17-21H2,1-2H3,(H,35,39)/t27-,30-/m0/s1. The average molecular weight is 587 g/mol. The van der Waals surface area contributed by atoms with E-state index < -0.39 is 0 Å². The molecule has 3 aliphatic rings. The first-order valence-electron chi connectivity index (χ1n) is 14.8. The number of nitrogens with zero attached hydrogens (tertiary/aromatic N) is 5. The number of benzene rings is 2. The number of aromatic nitrogens is 2. The van der Waals surface area contributed by atoms with Crippen LogP contribution in [0, 0.1) is 0 Å². The van der Waals surface area contributed by atoms with Crippen LogP contribution in [0.4, 0.5) is 0 Å². The van der Waals surface area contributed by atoms with E-state index in [0.29, 0.717) is 68.3 Å². The van der Waals surface area contributed by atoms with Crippen LogP contribution in [0.3, 0.4) is 0 Å². The highest BCUT2D eigenvalue weighted by molar-refractivity contribution is 5.92. The summed E-state index contributed by atoms with van der Waals surface area (Å²) >= 11 is 0. The minimum atomic E-state index is -0.168. The molecule has 43 heavy (non-hydrogen) atoms. The molecule has 3 aromatic rings. The van der Waals surface area contributed by atoms with Gasteiger partial charge >= 0.3 is 0 Å². The van der Waals surface area contributed by atoms with Crippen LogP contribution < -0.4 is 14.8 Å². The van der Waals surface area contributed by atoms with E-state index in [1.165, 1.54) is 6.20 Å². The van der Waals surface area contributed by atoms with Gasteiger partial charge in [-0.25, -0.2) is 4.98 Å². The molecule has 2 amide bonds. The predicted octanol–water partition coefficient (Wildman–Crippen LogP) is 2.71. The Balaban J connectivity index is 1.16. The van der Waals surface area contributed by atoms with Crippen LogP contribution in [0.15, 0.2) is 61.1 Å². The maximum Gasteiger partial charge on any atom is 0.274 e. The molecule has 4 heterocycles. The maximum absolute atomic E-state index is 13.2. The second-order valence-electron chi connectivity index (χ2n) is 11.5. The monoisotopic (exact) mass is 586 g/mol. The average Bonchev–Trinajstić information content (AvgIpc) is 3.42. The van der Waals surface area contributed by atoms with Gasteiger partial charge in [0.05, 0.1) is 38.6 Å². The summed E-state index contributed by atoms with van der Waals surface area (Å²) in [5.74, 6) is 1.86. The predicted molar refractivity (Wildman–Crippen MR) is 159 cm³/mol. The summed E-state index contributed by atoms with van der Waals surface area (Å²) in [6.45, 7) is 3.95. The van der Waals surface area contributed by atoms with Crippen molar-refractivity contribution in [2.24, 2.45) is 0 Å². The zero-order valence-corrected chi connectivity index (χ0v) is 24.6. The first kappa shape index (κ1) is 29.0. The molecule has 2 fully saturated rings. The molecule has 1 N–H and O–H groups in total. The largest absolute Gasteiger partial charge is 0.493 e. The van der Waals surface area contributed by atoms with E-state index in [2.05, 4.69) is 20.2 Å². The second kappa shape index (κ2) is 13.1. The lowest BCUT2D eigenvalue weighted by molar-refractivity contribution is -0.123. The number of nitrogens with one attached hydrogen (secondary N) is 1. The number of carbonyl (C=O) groups excluding carboxylic acids is 2. The smallest absolute Gasteiger partial charge is 0.274 e. The Bertz CT molecular complexity index is 1430. The van der Waals surface area contributed by atoms with Crippen LogP contribution in [-0.2, 0) is 22.7 Å². The van der Waals surface area contributed by atoms with Gasteiger partial charge in [-0.2, -0.15) is 0 Å². The Morgan fingerprint density at radius 1 is 1.05 bits per heavy atom. The quantitative estimate of drug-likeness (QED) is 0.496. The molecule has 6 rings (SSSR count). The van der Waals surface area contributed by atoms with Gasteiger partial charge in [0.2, 0.25) is 5.91 Å². The molecule has 2 atom stereocenters. The van der Waals surface area contributed by atoms with Crippen molar-refractivity contribution in [2.75, 3.05) is 46.9 Å². The number of likely N-dealkylation sites (tertiary alicyclic amines) is 2. The van der Waals surface area contributed by atoms with E-state index in [1.807, 2.05) is 59.3 Å². The Hall–Kier alpha value is -4.06. The van der Waals surface area contributed by atoms with Crippen molar-refractivity contribution >= 4 is 11.8 Å². The fraction of sp³-hybridized carbons (Fsp3) is 0.438. The van der Waals surface area contributed by atoms with Gasteiger partial charge in [0.25, 0.3) is 5.91 Å². The summed E-state index contributed by atoms with van der Waals surface area (Å²) in [7, 11) is 3.56. The first-order valence-corrected chi connectivity index (χ1v) is 14.8. The third-order valence-electron chi connectivity index (χ3n) is 8.38. The Labute approximate surface area is 251 Å². The first-order chi connectivity index (χ1) is 20.9. The van der Waals surface area contributed by atoms with E-state index in [9.17, 15) is 9.59 Å². The van der Waals surface area contributed by atoms with Gasteiger partial charge in [-0.3, -0.25) is 24.4 Å². The normalized spacial score (nSPS) is 22.4. The Kier molecular flexibility index (Phi) is 8.82. The maximum atomic E-state index is 13.2. The molecule has 0 radical (unpaired) electrons. The summed E-state index contributed by atoms with van der Waals surface area (Å²) < 4.78 is 18.3. The van der Waals surface area contributed by atoms with Gasteiger partial charge < -0.3 is 24.4 Å². The van der Waals surface area contributed by atoms with Gasteiger partial charge in [0.1, 0.15) is 11.4 Å². The Morgan fingerprint density at radius 3 is 2.70 bits per heavy atom. The highest BCUT2D eigenvalue weighted by Gasteiger charge is 2.39. The minimum Gasteiger partial charge on any atom is -0.493 e. The van der Waals surface area contributed by atoms with Gasteiger partial charge in [-0.05, 0) is 55.3 Å². The number of hydrogen-bond acceptors (Lipinski definition) is 9. The molecule has 226 valence electrons. The molecule has 2 saturated heterocycles. The van der Waals surface area contributed by atoms with E-state index in [1.54, 1.807) is 19.5 Å².